The van der Waals surface area contributed by atoms with Crippen LogP contribution in [0.3, 0.4) is 0 Å². The van der Waals surface area contributed by atoms with Crippen LogP contribution in [0.4, 0.5) is 0 Å². The summed E-state index contributed by atoms with van der Waals surface area (Å²) in [6.45, 7) is 2.14. The highest BCUT2D eigenvalue weighted by Gasteiger charge is 2.10. The third kappa shape index (κ3) is 1.72. The summed E-state index contributed by atoms with van der Waals surface area (Å²) < 4.78 is 0. The number of benzene rings is 1. The van der Waals surface area contributed by atoms with Gasteiger partial charge in [-0.15, -0.1) is 0 Å². The zero-order chi connectivity index (χ0) is 9.97. The second-order valence-corrected chi connectivity index (χ2v) is 3.70. The van der Waals surface area contributed by atoms with E-state index >= 15 is 0 Å². The number of allylic oxidation sites excluding steroid dienone is 3. The predicted molar refractivity (Wildman–Crippen MR) is 59.8 cm³/mol. The Bertz CT molecular complexity index is 362. The van der Waals surface area contributed by atoms with E-state index in [1.54, 1.807) is 0 Å². The fourth-order valence-electron chi connectivity index (χ4n) is 1.65. The van der Waals surface area contributed by atoms with Crippen molar-refractivity contribution >= 4 is 0 Å². The van der Waals surface area contributed by atoms with Gasteiger partial charge in [-0.3, -0.25) is 0 Å². The Morgan fingerprint density at radius 3 is 2.50 bits per heavy atom. The molecule has 0 aromatic heterocycles. The molecule has 1 aliphatic rings. The van der Waals surface area contributed by atoms with E-state index in [1.165, 1.54) is 11.3 Å². The minimum absolute atomic E-state index is 0.437. The van der Waals surface area contributed by atoms with Gasteiger partial charge in [-0.25, -0.2) is 0 Å². The monoisotopic (exact) mass is 185 g/mol. The summed E-state index contributed by atoms with van der Waals surface area (Å²) >= 11 is 0. The zero-order valence-electron chi connectivity index (χ0n) is 8.64. The lowest BCUT2D eigenvalue weighted by Gasteiger charge is -2.22. The molecule has 1 heterocycles. The number of hydrogen-bond donors (Lipinski definition) is 0. The molecular weight excluding hydrogens is 170 g/mol. The fourth-order valence-corrected chi connectivity index (χ4v) is 1.65. The molecule has 0 spiro atoms. The molecule has 1 atom stereocenters. The van der Waals surface area contributed by atoms with Gasteiger partial charge in [-0.1, -0.05) is 42.5 Å². The van der Waals surface area contributed by atoms with Crippen molar-refractivity contribution in [1.82, 2.24) is 4.90 Å². The van der Waals surface area contributed by atoms with Crippen LogP contribution in [0.5, 0.6) is 0 Å². The maximum atomic E-state index is 2.29. The summed E-state index contributed by atoms with van der Waals surface area (Å²) in [4.78, 5) is 2.14. The summed E-state index contributed by atoms with van der Waals surface area (Å²) in [6.07, 6.45) is 6.64. The molecular formula is C13H15N. The minimum Gasteiger partial charge on any atom is -0.355 e. The van der Waals surface area contributed by atoms with Crippen LogP contribution in [0, 0.1) is 0 Å². The van der Waals surface area contributed by atoms with Crippen LogP contribution in [0.2, 0.25) is 0 Å². The number of nitrogens with zero attached hydrogens (tertiary/aromatic N) is 1. The van der Waals surface area contributed by atoms with Crippen molar-refractivity contribution in [3.63, 3.8) is 0 Å². The molecule has 1 nitrogen and oxygen atoms in total. The van der Waals surface area contributed by atoms with Crippen molar-refractivity contribution in [1.29, 1.82) is 0 Å². The van der Waals surface area contributed by atoms with Crippen LogP contribution in [0.25, 0.3) is 0 Å². The minimum atomic E-state index is 0.437. The average molecular weight is 185 g/mol. The maximum Gasteiger partial charge on any atom is 0.0235 e. The molecule has 1 aliphatic heterocycles. The lowest BCUT2D eigenvalue weighted by Crippen LogP contribution is -2.13. The van der Waals surface area contributed by atoms with E-state index in [9.17, 15) is 0 Å². The van der Waals surface area contributed by atoms with Gasteiger partial charge in [-0.05, 0) is 12.5 Å². The van der Waals surface area contributed by atoms with Crippen LogP contribution in [-0.2, 0) is 0 Å². The van der Waals surface area contributed by atoms with Gasteiger partial charge in [0.2, 0.25) is 0 Å². The fraction of sp³-hybridized carbons (Fsp3) is 0.231. The van der Waals surface area contributed by atoms with E-state index < -0.39 is 0 Å². The number of hydrogen-bond acceptors (Lipinski definition) is 1. The van der Waals surface area contributed by atoms with Gasteiger partial charge in [0.05, 0.1) is 0 Å². The van der Waals surface area contributed by atoms with Crippen molar-refractivity contribution in [3.8, 4) is 0 Å². The van der Waals surface area contributed by atoms with E-state index in [0.717, 1.165) is 0 Å². The highest BCUT2D eigenvalue weighted by atomic mass is 15.1. The Labute approximate surface area is 85.4 Å². The van der Waals surface area contributed by atoms with Crippen molar-refractivity contribution in [2.45, 2.75) is 12.8 Å². The van der Waals surface area contributed by atoms with Gasteiger partial charge < -0.3 is 4.90 Å². The highest BCUT2D eigenvalue weighted by molar-refractivity contribution is 5.32. The van der Waals surface area contributed by atoms with E-state index in [1.807, 2.05) is 0 Å². The molecule has 1 unspecified atom stereocenters. The second kappa shape index (κ2) is 3.70. The summed E-state index contributed by atoms with van der Waals surface area (Å²) in [5.74, 6) is 0.437. The molecule has 0 N–H and O–H groups in total. The first-order valence-corrected chi connectivity index (χ1v) is 4.92. The van der Waals surface area contributed by atoms with Gasteiger partial charge in [0.15, 0.2) is 0 Å². The lowest BCUT2D eigenvalue weighted by atomic mass is 9.96. The van der Waals surface area contributed by atoms with Crippen molar-refractivity contribution in [2.75, 3.05) is 7.05 Å². The molecule has 2 rings (SSSR count). The molecule has 0 radical (unpaired) electrons. The molecule has 0 aliphatic carbocycles. The van der Waals surface area contributed by atoms with Crippen molar-refractivity contribution in [3.05, 3.63) is 59.9 Å². The van der Waals surface area contributed by atoms with Gasteiger partial charge in [-0.2, -0.15) is 0 Å². The van der Waals surface area contributed by atoms with E-state index in [4.69, 9.17) is 0 Å². The maximum absolute atomic E-state index is 2.29. The Balaban J connectivity index is 2.26. The molecule has 0 saturated heterocycles. The zero-order valence-corrected chi connectivity index (χ0v) is 8.64. The lowest BCUT2D eigenvalue weighted by molar-refractivity contribution is 0.550. The van der Waals surface area contributed by atoms with Crippen LogP contribution < -0.4 is 0 Å². The van der Waals surface area contributed by atoms with E-state index in [0.29, 0.717) is 5.92 Å². The second-order valence-electron chi connectivity index (χ2n) is 3.70. The predicted octanol–water partition coefficient (Wildman–Crippen LogP) is 3.13. The largest absolute Gasteiger partial charge is 0.355 e. The third-order valence-corrected chi connectivity index (χ3v) is 2.68. The van der Waals surface area contributed by atoms with Gasteiger partial charge in [0.25, 0.3) is 0 Å². The summed E-state index contributed by atoms with van der Waals surface area (Å²) in [7, 11) is 2.07. The van der Waals surface area contributed by atoms with Crippen LogP contribution in [-0.4, -0.2) is 11.9 Å². The molecule has 0 saturated carbocycles. The molecule has 0 amide bonds. The Kier molecular flexibility index (Phi) is 2.40. The molecule has 14 heavy (non-hydrogen) atoms. The van der Waals surface area contributed by atoms with Crippen LogP contribution in [0.15, 0.2) is 54.4 Å². The SMILES string of the molecule is CC1=CC(c2ccccc2)C=CN1C. The first-order chi connectivity index (χ1) is 6.77. The van der Waals surface area contributed by atoms with Crippen molar-refractivity contribution in [2.24, 2.45) is 0 Å². The standard InChI is InChI=1S/C13H15N/c1-11-10-13(8-9-14(11)2)12-6-4-3-5-7-12/h3-10,13H,1-2H3. The first-order valence-electron chi connectivity index (χ1n) is 4.92. The van der Waals surface area contributed by atoms with Gasteiger partial charge in [0, 0.05) is 24.9 Å². The molecule has 1 heteroatoms. The normalized spacial score (nSPS) is 20.9. The topological polar surface area (TPSA) is 3.24 Å². The number of rotatable bonds is 1. The Morgan fingerprint density at radius 2 is 1.86 bits per heavy atom. The van der Waals surface area contributed by atoms with Gasteiger partial charge >= 0.3 is 0 Å². The van der Waals surface area contributed by atoms with Crippen LogP contribution >= 0.6 is 0 Å². The Morgan fingerprint density at radius 1 is 1.14 bits per heavy atom. The van der Waals surface area contributed by atoms with Crippen molar-refractivity contribution < 1.29 is 0 Å². The molecule has 0 fully saturated rings. The van der Waals surface area contributed by atoms with E-state index in [-0.39, 0.29) is 0 Å². The van der Waals surface area contributed by atoms with E-state index in [2.05, 4.69) is 67.6 Å². The van der Waals surface area contributed by atoms with Gasteiger partial charge in [0.1, 0.15) is 0 Å². The molecule has 1 aromatic carbocycles. The third-order valence-electron chi connectivity index (χ3n) is 2.68. The summed E-state index contributed by atoms with van der Waals surface area (Å²) in [5.41, 5.74) is 2.66. The molecule has 0 bridgehead atoms. The molecule has 1 aromatic rings. The smallest absolute Gasteiger partial charge is 0.0235 e. The average Bonchev–Trinajstić information content (AvgIpc) is 2.23. The quantitative estimate of drug-likeness (QED) is 0.649. The highest BCUT2D eigenvalue weighted by Crippen LogP contribution is 2.24. The molecule has 72 valence electrons. The summed E-state index contributed by atoms with van der Waals surface area (Å²) in [5, 5.41) is 0. The van der Waals surface area contributed by atoms with Crippen LogP contribution in [0.1, 0.15) is 18.4 Å². The first kappa shape index (κ1) is 9.07. The summed E-state index contributed by atoms with van der Waals surface area (Å²) in [6, 6.07) is 10.6. The Hall–Kier alpha value is -1.50.